The third-order valence-corrected chi connectivity index (χ3v) is 4.87. The van der Waals surface area contributed by atoms with Crippen molar-refractivity contribution in [3.8, 4) is 5.82 Å². The Balaban J connectivity index is 1.37. The molecule has 2 atom stereocenters. The Labute approximate surface area is 152 Å². The summed E-state index contributed by atoms with van der Waals surface area (Å²) in [4.78, 5) is 20.4. The molecule has 0 aromatic carbocycles. The van der Waals surface area contributed by atoms with Gasteiger partial charge in [-0.05, 0) is 32.9 Å². The predicted octanol–water partition coefficient (Wildman–Crippen LogP) is 1.97. The highest BCUT2D eigenvalue weighted by Crippen LogP contribution is 2.33. The minimum atomic E-state index is -0.451. The van der Waals surface area contributed by atoms with E-state index in [4.69, 9.17) is 4.74 Å². The summed E-state index contributed by atoms with van der Waals surface area (Å²) in [5.41, 5.74) is -0.451. The Kier molecular flexibility index (Phi) is 4.05. The molecule has 8 nitrogen and oxygen atoms in total. The van der Waals surface area contributed by atoms with E-state index < -0.39 is 5.60 Å². The fraction of sp³-hybridized carbons (Fsp3) is 0.556. The van der Waals surface area contributed by atoms with Gasteiger partial charge in [0.15, 0.2) is 11.6 Å². The minimum absolute atomic E-state index is 0.206. The molecule has 2 aliphatic heterocycles. The first-order chi connectivity index (χ1) is 12.4. The van der Waals surface area contributed by atoms with Crippen molar-refractivity contribution < 1.29 is 9.53 Å². The summed E-state index contributed by atoms with van der Waals surface area (Å²) in [5.74, 6) is 2.55. The van der Waals surface area contributed by atoms with Gasteiger partial charge in [-0.25, -0.2) is 9.78 Å². The van der Waals surface area contributed by atoms with Crippen LogP contribution in [0, 0.1) is 11.8 Å². The van der Waals surface area contributed by atoms with Crippen LogP contribution in [0.1, 0.15) is 20.8 Å². The molecule has 2 aromatic rings. The van der Waals surface area contributed by atoms with Crippen LogP contribution in [0.4, 0.5) is 10.6 Å². The molecule has 0 radical (unpaired) electrons. The topological polar surface area (TPSA) is 76.4 Å². The van der Waals surface area contributed by atoms with Crippen molar-refractivity contribution >= 4 is 11.9 Å². The van der Waals surface area contributed by atoms with Crippen molar-refractivity contribution in [1.29, 1.82) is 0 Å². The van der Waals surface area contributed by atoms with E-state index in [0.29, 0.717) is 11.8 Å². The number of carbonyl (C=O) groups is 1. The summed E-state index contributed by atoms with van der Waals surface area (Å²) in [6.45, 7) is 8.97. The van der Waals surface area contributed by atoms with Gasteiger partial charge in [0.05, 0.1) is 0 Å². The van der Waals surface area contributed by atoms with Crippen LogP contribution in [0.2, 0.25) is 0 Å². The average molecular weight is 356 g/mol. The Bertz CT molecular complexity index is 754. The zero-order valence-corrected chi connectivity index (χ0v) is 15.4. The second kappa shape index (κ2) is 6.26. The van der Waals surface area contributed by atoms with Gasteiger partial charge in [0.1, 0.15) is 11.9 Å². The lowest BCUT2D eigenvalue weighted by molar-refractivity contribution is 0.0282. The van der Waals surface area contributed by atoms with Crippen molar-refractivity contribution in [2.75, 3.05) is 31.1 Å². The second-order valence-corrected chi connectivity index (χ2v) is 8.03. The summed E-state index contributed by atoms with van der Waals surface area (Å²) >= 11 is 0. The molecule has 2 aromatic heterocycles. The van der Waals surface area contributed by atoms with Gasteiger partial charge in [0, 0.05) is 50.4 Å². The molecule has 2 saturated heterocycles. The molecule has 26 heavy (non-hydrogen) atoms. The zero-order chi connectivity index (χ0) is 18.3. The molecule has 0 saturated carbocycles. The maximum Gasteiger partial charge on any atom is 0.410 e. The molecule has 2 unspecified atom stereocenters. The van der Waals surface area contributed by atoms with E-state index in [0.717, 1.165) is 37.8 Å². The number of fused-ring (bicyclic) bond motifs is 1. The number of hydrogen-bond donors (Lipinski definition) is 0. The van der Waals surface area contributed by atoms with Crippen LogP contribution in [0.15, 0.2) is 30.9 Å². The van der Waals surface area contributed by atoms with Crippen molar-refractivity contribution in [3.63, 3.8) is 0 Å². The highest BCUT2D eigenvalue weighted by Gasteiger charge is 2.43. The third kappa shape index (κ3) is 3.36. The van der Waals surface area contributed by atoms with Crippen LogP contribution in [0.3, 0.4) is 0 Å². The fourth-order valence-electron chi connectivity index (χ4n) is 3.67. The number of carbonyl (C=O) groups excluding carboxylic acids is 1. The monoisotopic (exact) mass is 356 g/mol. The van der Waals surface area contributed by atoms with E-state index >= 15 is 0 Å². The number of imidazole rings is 1. The largest absolute Gasteiger partial charge is 0.444 e. The van der Waals surface area contributed by atoms with Gasteiger partial charge in [-0.15, -0.1) is 10.2 Å². The maximum absolute atomic E-state index is 12.3. The van der Waals surface area contributed by atoms with Gasteiger partial charge in [-0.2, -0.15) is 0 Å². The molecule has 4 heterocycles. The number of likely N-dealkylation sites (tertiary alicyclic amines) is 1. The summed E-state index contributed by atoms with van der Waals surface area (Å²) < 4.78 is 7.32. The lowest BCUT2D eigenvalue weighted by Crippen LogP contribution is -2.37. The Morgan fingerprint density at radius 2 is 1.73 bits per heavy atom. The van der Waals surface area contributed by atoms with Gasteiger partial charge in [-0.3, -0.25) is 4.57 Å². The quantitative estimate of drug-likeness (QED) is 0.819. The van der Waals surface area contributed by atoms with E-state index in [1.165, 1.54) is 0 Å². The van der Waals surface area contributed by atoms with E-state index in [2.05, 4.69) is 20.1 Å². The van der Waals surface area contributed by atoms with Crippen molar-refractivity contribution in [3.05, 3.63) is 30.9 Å². The number of rotatable bonds is 2. The summed E-state index contributed by atoms with van der Waals surface area (Å²) in [5, 5.41) is 8.66. The van der Waals surface area contributed by atoms with Gasteiger partial charge in [0.2, 0.25) is 0 Å². The Morgan fingerprint density at radius 1 is 1.08 bits per heavy atom. The van der Waals surface area contributed by atoms with Gasteiger partial charge >= 0.3 is 6.09 Å². The molecule has 2 aliphatic rings. The molecular formula is C18H24N6O2. The first-order valence-corrected chi connectivity index (χ1v) is 8.94. The van der Waals surface area contributed by atoms with E-state index in [-0.39, 0.29) is 6.09 Å². The minimum Gasteiger partial charge on any atom is -0.444 e. The number of amides is 1. The molecule has 8 heteroatoms. The molecule has 138 valence electrons. The van der Waals surface area contributed by atoms with Gasteiger partial charge in [0.25, 0.3) is 0 Å². The van der Waals surface area contributed by atoms with E-state index in [9.17, 15) is 4.79 Å². The standard InChI is InChI=1S/C18H24N6O2/c1-18(2,3)26-17(25)24-10-13-8-23(9-14(13)11-24)16-5-4-15(20-21-16)22-7-6-19-12-22/h4-7,12-14H,8-11H2,1-3H3. The lowest BCUT2D eigenvalue weighted by Gasteiger charge is -2.26. The van der Waals surface area contributed by atoms with Crippen molar-refractivity contribution in [2.45, 2.75) is 26.4 Å². The molecule has 0 spiro atoms. The van der Waals surface area contributed by atoms with Gasteiger partial charge < -0.3 is 14.5 Å². The van der Waals surface area contributed by atoms with Crippen LogP contribution < -0.4 is 4.90 Å². The first kappa shape index (κ1) is 16.8. The van der Waals surface area contributed by atoms with Crippen LogP contribution in [0.5, 0.6) is 0 Å². The number of hydrogen-bond acceptors (Lipinski definition) is 6. The Hall–Kier alpha value is -2.64. The molecular weight excluding hydrogens is 332 g/mol. The summed E-state index contributed by atoms with van der Waals surface area (Å²) in [6.07, 6.45) is 5.06. The number of nitrogens with zero attached hydrogens (tertiary/aromatic N) is 6. The van der Waals surface area contributed by atoms with E-state index in [1.807, 2.05) is 48.6 Å². The number of aromatic nitrogens is 4. The van der Waals surface area contributed by atoms with Crippen LogP contribution >= 0.6 is 0 Å². The molecule has 0 aliphatic carbocycles. The summed E-state index contributed by atoms with van der Waals surface area (Å²) in [6, 6.07) is 3.94. The molecule has 4 rings (SSSR count). The molecule has 1 amide bonds. The highest BCUT2D eigenvalue weighted by atomic mass is 16.6. The zero-order valence-electron chi connectivity index (χ0n) is 15.4. The summed E-state index contributed by atoms with van der Waals surface area (Å²) in [7, 11) is 0. The SMILES string of the molecule is CC(C)(C)OC(=O)N1CC2CN(c3ccc(-n4ccnc4)nn3)CC2C1. The highest BCUT2D eigenvalue weighted by molar-refractivity contribution is 5.68. The van der Waals surface area contributed by atoms with Gasteiger partial charge in [-0.1, -0.05) is 0 Å². The Morgan fingerprint density at radius 3 is 2.27 bits per heavy atom. The van der Waals surface area contributed by atoms with Crippen molar-refractivity contribution in [2.24, 2.45) is 11.8 Å². The third-order valence-electron chi connectivity index (χ3n) is 4.87. The smallest absolute Gasteiger partial charge is 0.410 e. The molecule has 0 bridgehead atoms. The first-order valence-electron chi connectivity index (χ1n) is 8.94. The maximum atomic E-state index is 12.3. The average Bonchev–Trinajstić information content (AvgIpc) is 3.29. The van der Waals surface area contributed by atoms with Crippen LogP contribution in [-0.2, 0) is 4.74 Å². The van der Waals surface area contributed by atoms with Crippen molar-refractivity contribution in [1.82, 2.24) is 24.6 Å². The molecule has 2 fully saturated rings. The molecule has 0 N–H and O–H groups in total. The lowest BCUT2D eigenvalue weighted by atomic mass is 10.0. The number of anilines is 1. The van der Waals surface area contributed by atoms with Crippen LogP contribution in [0.25, 0.3) is 5.82 Å². The fourth-order valence-corrected chi connectivity index (χ4v) is 3.67. The normalized spacial score (nSPS) is 22.6. The number of ether oxygens (including phenoxy) is 1. The van der Waals surface area contributed by atoms with E-state index in [1.54, 1.807) is 12.5 Å². The predicted molar refractivity (Wildman–Crippen MR) is 96.2 cm³/mol. The second-order valence-electron chi connectivity index (χ2n) is 8.03. The van der Waals surface area contributed by atoms with Crippen LogP contribution in [-0.4, -0.2) is 62.5 Å².